The Balaban J connectivity index is 3.05. The summed E-state index contributed by atoms with van der Waals surface area (Å²) in [6.45, 7) is 9.24. The molecule has 0 fully saturated rings. The fourth-order valence-corrected chi connectivity index (χ4v) is 2.01. The summed E-state index contributed by atoms with van der Waals surface area (Å²) in [4.78, 5) is 2.14. The van der Waals surface area contributed by atoms with E-state index in [4.69, 9.17) is 4.74 Å². The van der Waals surface area contributed by atoms with Gasteiger partial charge in [-0.1, -0.05) is 13.8 Å². The molecule has 0 spiro atoms. The van der Waals surface area contributed by atoms with E-state index in [2.05, 4.69) is 44.7 Å². The van der Waals surface area contributed by atoms with Crippen LogP contribution in [0.5, 0.6) is 5.75 Å². The van der Waals surface area contributed by atoms with Crippen LogP contribution in [0.3, 0.4) is 0 Å². The first-order chi connectivity index (χ1) is 8.30. The maximum Gasteiger partial charge on any atom is 0.142 e. The largest absolute Gasteiger partial charge is 0.495 e. The molecule has 0 saturated heterocycles. The van der Waals surface area contributed by atoms with Crippen molar-refractivity contribution in [1.82, 2.24) is 0 Å². The van der Waals surface area contributed by atoms with Crippen molar-refractivity contribution in [2.75, 3.05) is 32.2 Å². The van der Waals surface area contributed by atoms with E-state index in [0.717, 1.165) is 18.0 Å². The molecule has 1 N–H and O–H groups in total. The highest BCUT2D eigenvalue weighted by Gasteiger charge is 2.21. The van der Waals surface area contributed by atoms with E-state index in [1.54, 1.807) is 7.11 Å². The zero-order chi connectivity index (χ0) is 13.9. The predicted molar refractivity (Wildman–Crippen MR) is 76.6 cm³/mol. The van der Waals surface area contributed by atoms with Gasteiger partial charge in [-0.3, -0.25) is 0 Å². The number of methoxy groups -OCH3 is 1. The smallest absolute Gasteiger partial charge is 0.142 e. The Morgan fingerprint density at radius 2 is 1.78 bits per heavy atom. The SMILES string of the molecule is COc1cc(C)c(C)cc1N(C)CC(C)(C)CO. The molecule has 0 aromatic heterocycles. The van der Waals surface area contributed by atoms with Crippen molar-refractivity contribution in [2.45, 2.75) is 27.7 Å². The molecule has 18 heavy (non-hydrogen) atoms. The summed E-state index contributed by atoms with van der Waals surface area (Å²) < 4.78 is 5.45. The van der Waals surface area contributed by atoms with E-state index in [-0.39, 0.29) is 12.0 Å². The number of benzene rings is 1. The van der Waals surface area contributed by atoms with Crippen LogP contribution < -0.4 is 9.64 Å². The molecule has 3 nitrogen and oxygen atoms in total. The summed E-state index contributed by atoms with van der Waals surface area (Å²) in [5.74, 6) is 0.884. The minimum Gasteiger partial charge on any atom is -0.495 e. The van der Waals surface area contributed by atoms with E-state index in [1.807, 2.05) is 7.05 Å². The molecule has 0 aliphatic rings. The number of aliphatic hydroxyl groups is 1. The van der Waals surface area contributed by atoms with Crippen molar-refractivity contribution < 1.29 is 9.84 Å². The third-order valence-corrected chi connectivity index (χ3v) is 3.30. The van der Waals surface area contributed by atoms with Gasteiger partial charge in [-0.2, -0.15) is 0 Å². The summed E-state index contributed by atoms with van der Waals surface area (Å²) in [7, 11) is 3.72. The lowest BCUT2D eigenvalue weighted by Gasteiger charge is -2.31. The van der Waals surface area contributed by atoms with Crippen LogP contribution in [0.1, 0.15) is 25.0 Å². The van der Waals surface area contributed by atoms with Gasteiger partial charge in [0.05, 0.1) is 12.8 Å². The maximum atomic E-state index is 9.36. The number of hydrogen-bond acceptors (Lipinski definition) is 3. The van der Waals surface area contributed by atoms with Gasteiger partial charge in [0.25, 0.3) is 0 Å². The van der Waals surface area contributed by atoms with Crippen LogP contribution in [0, 0.1) is 19.3 Å². The Morgan fingerprint density at radius 3 is 2.28 bits per heavy atom. The zero-order valence-electron chi connectivity index (χ0n) is 12.4. The van der Waals surface area contributed by atoms with Gasteiger partial charge < -0.3 is 14.7 Å². The molecular weight excluding hydrogens is 226 g/mol. The molecule has 0 saturated carbocycles. The quantitative estimate of drug-likeness (QED) is 0.873. The van der Waals surface area contributed by atoms with Crippen LogP contribution >= 0.6 is 0 Å². The number of aryl methyl sites for hydroxylation is 2. The zero-order valence-corrected chi connectivity index (χ0v) is 12.4. The number of nitrogens with zero attached hydrogens (tertiary/aromatic N) is 1. The third-order valence-electron chi connectivity index (χ3n) is 3.30. The number of ether oxygens (including phenoxy) is 1. The van der Waals surface area contributed by atoms with Crippen LogP contribution in [0.15, 0.2) is 12.1 Å². The molecule has 0 atom stereocenters. The molecule has 0 amide bonds. The molecule has 0 aliphatic carbocycles. The lowest BCUT2D eigenvalue weighted by molar-refractivity contribution is 0.165. The average molecular weight is 251 g/mol. The monoisotopic (exact) mass is 251 g/mol. The average Bonchev–Trinajstić information content (AvgIpc) is 2.31. The molecule has 3 heteroatoms. The first-order valence-electron chi connectivity index (χ1n) is 6.28. The van der Waals surface area contributed by atoms with Crippen molar-refractivity contribution in [3.63, 3.8) is 0 Å². The first kappa shape index (κ1) is 14.8. The van der Waals surface area contributed by atoms with Crippen LogP contribution in [-0.4, -0.2) is 32.4 Å². The minimum atomic E-state index is -0.126. The van der Waals surface area contributed by atoms with Gasteiger partial charge in [-0.05, 0) is 37.1 Å². The topological polar surface area (TPSA) is 32.7 Å². The Labute approximate surface area is 110 Å². The Kier molecular flexibility index (Phi) is 4.63. The van der Waals surface area contributed by atoms with Crippen LogP contribution in [0.2, 0.25) is 0 Å². The number of rotatable bonds is 5. The van der Waals surface area contributed by atoms with Gasteiger partial charge in [0.15, 0.2) is 0 Å². The van der Waals surface area contributed by atoms with Crippen LogP contribution in [-0.2, 0) is 0 Å². The predicted octanol–water partition coefficient (Wildman–Crippen LogP) is 2.77. The van der Waals surface area contributed by atoms with Crippen molar-refractivity contribution in [3.05, 3.63) is 23.3 Å². The summed E-state index contributed by atoms with van der Waals surface area (Å²) in [6.07, 6.45) is 0. The van der Waals surface area contributed by atoms with Crippen molar-refractivity contribution in [1.29, 1.82) is 0 Å². The highest BCUT2D eigenvalue weighted by molar-refractivity contribution is 5.61. The summed E-state index contributed by atoms with van der Waals surface area (Å²) in [6, 6.07) is 4.20. The Morgan fingerprint density at radius 1 is 1.22 bits per heavy atom. The molecule has 1 aromatic carbocycles. The van der Waals surface area contributed by atoms with E-state index >= 15 is 0 Å². The molecule has 0 radical (unpaired) electrons. The second kappa shape index (κ2) is 5.61. The second-order valence-electron chi connectivity index (χ2n) is 5.79. The van der Waals surface area contributed by atoms with Gasteiger partial charge in [0.2, 0.25) is 0 Å². The number of hydrogen-bond donors (Lipinski definition) is 1. The normalized spacial score (nSPS) is 11.5. The van der Waals surface area contributed by atoms with Crippen molar-refractivity contribution >= 4 is 5.69 Å². The van der Waals surface area contributed by atoms with Crippen LogP contribution in [0.25, 0.3) is 0 Å². The molecule has 102 valence electrons. The standard InChI is InChI=1S/C15H25NO2/c1-11-7-13(14(18-6)8-12(11)2)16(5)9-15(3,4)10-17/h7-8,17H,9-10H2,1-6H3. The van der Waals surface area contributed by atoms with E-state index in [9.17, 15) is 5.11 Å². The number of aliphatic hydroxyl groups excluding tert-OH is 1. The highest BCUT2D eigenvalue weighted by atomic mass is 16.5. The van der Waals surface area contributed by atoms with Gasteiger partial charge >= 0.3 is 0 Å². The molecule has 0 heterocycles. The highest BCUT2D eigenvalue weighted by Crippen LogP contribution is 2.32. The lowest BCUT2D eigenvalue weighted by atomic mass is 9.94. The molecule has 1 aromatic rings. The molecule has 1 rings (SSSR count). The lowest BCUT2D eigenvalue weighted by Crippen LogP contribution is -2.34. The van der Waals surface area contributed by atoms with Gasteiger partial charge in [0.1, 0.15) is 5.75 Å². The molecule has 0 bridgehead atoms. The van der Waals surface area contributed by atoms with E-state index in [1.165, 1.54) is 11.1 Å². The van der Waals surface area contributed by atoms with E-state index in [0.29, 0.717) is 0 Å². The maximum absolute atomic E-state index is 9.36. The first-order valence-corrected chi connectivity index (χ1v) is 6.28. The third kappa shape index (κ3) is 3.39. The van der Waals surface area contributed by atoms with Gasteiger partial charge in [-0.15, -0.1) is 0 Å². The second-order valence-corrected chi connectivity index (χ2v) is 5.79. The number of anilines is 1. The van der Waals surface area contributed by atoms with Crippen molar-refractivity contribution in [2.24, 2.45) is 5.41 Å². The fraction of sp³-hybridized carbons (Fsp3) is 0.600. The Hall–Kier alpha value is -1.22. The summed E-state index contributed by atoms with van der Waals surface area (Å²) in [5.41, 5.74) is 3.42. The molecular formula is C15H25NO2. The van der Waals surface area contributed by atoms with Gasteiger partial charge in [0, 0.05) is 25.6 Å². The molecule has 0 unspecified atom stereocenters. The summed E-state index contributed by atoms with van der Waals surface area (Å²) in [5, 5.41) is 9.36. The van der Waals surface area contributed by atoms with Crippen LogP contribution in [0.4, 0.5) is 5.69 Å². The van der Waals surface area contributed by atoms with Crippen molar-refractivity contribution in [3.8, 4) is 5.75 Å². The van der Waals surface area contributed by atoms with E-state index < -0.39 is 0 Å². The van der Waals surface area contributed by atoms with Gasteiger partial charge in [-0.25, -0.2) is 0 Å². The Bertz CT molecular complexity index is 413. The molecule has 0 aliphatic heterocycles. The fourth-order valence-electron chi connectivity index (χ4n) is 2.01. The summed E-state index contributed by atoms with van der Waals surface area (Å²) >= 11 is 0. The minimum absolute atomic E-state index is 0.126.